The number of hydrogen-bond donors (Lipinski definition) is 1. The number of anilines is 1. The molecule has 1 fully saturated rings. The molecule has 15 heteroatoms. The van der Waals surface area contributed by atoms with E-state index < -0.39 is 24.0 Å². The number of allylic oxidation sites excluding steroid dienone is 1. The Morgan fingerprint density at radius 2 is 1.76 bits per heavy atom. The Morgan fingerprint density at radius 3 is 2.41 bits per heavy atom. The summed E-state index contributed by atoms with van der Waals surface area (Å²) in [5, 5.41) is 6.80. The van der Waals surface area contributed by atoms with Crippen LogP contribution in [-0.4, -0.2) is 44.0 Å². The van der Waals surface area contributed by atoms with Crippen molar-refractivity contribution in [1.82, 2.24) is 20.1 Å². The fourth-order valence-electron chi connectivity index (χ4n) is 4.51. The molecule has 3 aromatic carbocycles. The zero-order valence-corrected chi connectivity index (χ0v) is 25.3. The number of aliphatic imine (C=N–C) groups is 1. The Hall–Kier alpha value is -5.05. The van der Waals surface area contributed by atoms with E-state index >= 15 is 4.39 Å². The van der Waals surface area contributed by atoms with Crippen molar-refractivity contribution in [2.24, 2.45) is 4.99 Å². The predicted molar refractivity (Wildman–Crippen MR) is 164 cm³/mol. The van der Waals surface area contributed by atoms with Crippen LogP contribution >= 0.6 is 11.8 Å². The highest BCUT2D eigenvalue weighted by atomic mass is 32.2. The number of benzene rings is 3. The molecule has 4 aromatic rings. The minimum absolute atomic E-state index is 0.0346. The second-order valence-corrected chi connectivity index (χ2v) is 11.2. The Bertz CT molecular complexity index is 1840. The molecule has 9 nitrogen and oxygen atoms in total. The Balaban J connectivity index is 1.28. The standard InChI is InChI=1S/C31H25F5N6O3S/c1-17(2)24-14-21(32)8-13-25(24)42-26(43)15-46-30(42)39-29(44)38-18(3)27(33)19-4-6-20(7-5-19)28-37-16-41(40-28)22-9-11-23(12-10-22)45-31(34,35)36/h4-14,16-17H,15H2,1-3H3,(H,38,44)/b27-18-,39-30?. The number of amidine groups is 1. The normalized spacial score (nSPS) is 15.0. The molecule has 0 bridgehead atoms. The number of rotatable bonds is 7. The number of hydrogen-bond acceptors (Lipinski definition) is 6. The first kappa shape index (κ1) is 32.3. The lowest BCUT2D eigenvalue weighted by molar-refractivity contribution is -0.274. The summed E-state index contributed by atoms with van der Waals surface area (Å²) in [5.41, 5.74) is 2.00. The third-order valence-electron chi connectivity index (χ3n) is 6.66. The summed E-state index contributed by atoms with van der Waals surface area (Å²) in [6, 6.07) is 14.3. The first-order chi connectivity index (χ1) is 21.8. The average molecular weight is 657 g/mol. The van der Waals surface area contributed by atoms with Gasteiger partial charge in [0.1, 0.15) is 23.7 Å². The number of alkyl halides is 3. The molecular weight excluding hydrogens is 631 g/mol. The maximum absolute atomic E-state index is 15.3. The van der Waals surface area contributed by atoms with Crippen molar-refractivity contribution in [2.45, 2.75) is 33.1 Å². The molecule has 1 aromatic heterocycles. The zero-order chi connectivity index (χ0) is 33.2. The largest absolute Gasteiger partial charge is 0.573 e. The molecule has 1 aliphatic heterocycles. The van der Waals surface area contributed by atoms with E-state index in [1.807, 2.05) is 13.8 Å². The van der Waals surface area contributed by atoms with Crippen molar-refractivity contribution in [3.05, 3.63) is 95.7 Å². The Morgan fingerprint density at radius 1 is 1.07 bits per heavy atom. The van der Waals surface area contributed by atoms with Gasteiger partial charge >= 0.3 is 12.4 Å². The monoisotopic (exact) mass is 656 g/mol. The topological polar surface area (TPSA) is 102 Å². The third-order valence-corrected chi connectivity index (χ3v) is 7.59. The van der Waals surface area contributed by atoms with Crippen molar-refractivity contribution < 1.29 is 36.3 Å². The molecular formula is C31H25F5N6O3S. The SMILES string of the molecule is C/C(NC(=O)N=C1SCC(=O)N1c1ccc(F)cc1C(C)C)=C(/F)c1ccc(-c2ncn(-c3ccc(OC(F)(F)F)cc3)n2)cc1. The van der Waals surface area contributed by atoms with E-state index in [9.17, 15) is 27.2 Å². The van der Waals surface area contributed by atoms with Gasteiger partial charge in [0.2, 0.25) is 5.91 Å². The lowest BCUT2D eigenvalue weighted by Crippen LogP contribution is -2.32. The van der Waals surface area contributed by atoms with Crippen molar-refractivity contribution in [3.8, 4) is 22.8 Å². The number of carbonyl (C=O) groups is 2. The van der Waals surface area contributed by atoms with E-state index in [-0.39, 0.29) is 45.6 Å². The number of halogens is 5. The Labute approximate surface area is 263 Å². The number of ether oxygens (including phenoxy) is 1. The van der Waals surface area contributed by atoms with Crippen LogP contribution in [0.3, 0.4) is 0 Å². The molecule has 2 heterocycles. The molecule has 1 N–H and O–H groups in total. The second-order valence-electron chi connectivity index (χ2n) is 10.3. The molecule has 46 heavy (non-hydrogen) atoms. The van der Waals surface area contributed by atoms with Gasteiger partial charge in [0, 0.05) is 11.1 Å². The highest BCUT2D eigenvalue weighted by Crippen LogP contribution is 2.34. The minimum atomic E-state index is -4.80. The van der Waals surface area contributed by atoms with Gasteiger partial charge in [-0.2, -0.15) is 4.99 Å². The number of thioether (sulfide) groups is 1. The molecule has 0 aliphatic carbocycles. The first-order valence-corrected chi connectivity index (χ1v) is 14.7. The number of nitrogens with one attached hydrogen (secondary N) is 1. The summed E-state index contributed by atoms with van der Waals surface area (Å²) in [6.45, 7) is 5.06. The fraction of sp³-hybridized carbons (Fsp3) is 0.194. The van der Waals surface area contributed by atoms with E-state index in [0.717, 1.165) is 23.9 Å². The first-order valence-electron chi connectivity index (χ1n) is 13.7. The smallest absolute Gasteiger partial charge is 0.406 e. The van der Waals surface area contributed by atoms with Crippen LogP contribution in [0.4, 0.5) is 32.4 Å². The summed E-state index contributed by atoms with van der Waals surface area (Å²) in [7, 11) is 0. The lowest BCUT2D eigenvalue weighted by atomic mass is 10.0. The summed E-state index contributed by atoms with van der Waals surface area (Å²) >= 11 is 1.04. The molecule has 3 amide bonds. The van der Waals surface area contributed by atoms with Crippen LogP contribution in [0.25, 0.3) is 22.9 Å². The van der Waals surface area contributed by atoms with Gasteiger partial charge in [-0.15, -0.1) is 18.3 Å². The molecule has 0 radical (unpaired) electrons. The summed E-state index contributed by atoms with van der Waals surface area (Å²) in [5.74, 6) is -1.68. The molecule has 0 spiro atoms. The van der Waals surface area contributed by atoms with Gasteiger partial charge in [0.15, 0.2) is 11.0 Å². The predicted octanol–water partition coefficient (Wildman–Crippen LogP) is 7.60. The number of amides is 3. The maximum atomic E-state index is 15.3. The van der Waals surface area contributed by atoms with E-state index in [0.29, 0.717) is 22.5 Å². The second kappa shape index (κ2) is 13.1. The van der Waals surface area contributed by atoms with E-state index in [2.05, 4.69) is 25.1 Å². The highest BCUT2D eigenvalue weighted by molar-refractivity contribution is 8.15. The van der Waals surface area contributed by atoms with Crippen molar-refractivity contribution in [1.29, 1.82) is 0 Å². The van der Waals surface area contributed by atoms with E-state index in [1.54, 1.807) is 12.1 Å². The van der Waals surface area contributed by atoms with Gasteiger partial charge in [-0.25, -0.2) is 23.2 Å². The van der Waals surface area contributed by atoms with Gasteiger partial charge in [0.25, 0.3) is 0 Å². The van der Waals surface area contributed by atoms with Gasteiger partial charge in [-0.05, 0) is 60.9 Å². The van der Waals surface area contributed by atoms with Crippen LogP contribution < -0.4 is 15.0 Å². The molecule has 238 valence electrons. The number of carbonyl (C=O) groups excluding carboxylic acids is 2. The number of aromatic nitrogens is 3. The summed E-state index contributed by atoms with van der Waals surface area (Å²) in [4.78, 5) is 34.9. The quantitative estimate of drug-likeness (QED) is 0.206. The molecule has 0 atom stereocenters. The third kappa shape index (κ3) is 7.42. The highest BCUT2D eigenvalue weighted by Gasteiger charge is 2.33. The summed E-state index contributed by atoms with van der Waals surface area (Å²) in [6.07, 6.45) is -3.43. The zero-order valence-electron chi connectivity index (χ0n) is 24.5. The Kier molecular flexibility index (Phi) is 9.23. The molecule has 5 rings (SSSR count). The van der Waals surface area contributed by atoms with E-state index in [1.165, 1.54) is 65.3 Å². The fourth-order valence-corrected chi connectivity index (χ4v) is 5.36. The average Bonchev–Trinajstić information content (AvgIpc) is 3.63. The molecule has 1 saturated heterocycles. The van der Waals surface area contributed by atoms with Crippen LogP contribution in [0, 0.1) is 5.82 Å². The van der Waals surface area contributed by atoms with Crippen molar-refractivity contribution in [3.63, 3.8) is 0 Å². The van der Waals surface area contributed by atoms with Gasteiger partial charge < -0.3 is 10.1 Å². The van der Waals surface area contributed by atoms with Crippen LogP contribution in [0.2, 0.25) is 0 Å². The lowest BCUT2D eigenvalue weighted by Gasteiger charge is -2.21. The van der Waals surface area contributed by atoms with Crippen molar-refractivity contribution in [2.75, 3.05) is 10.7 Å². The molecule has 1 aliphatic rings. The minimum Gasteiger partial charge on any atom is -0.406 e. The molecule has 0 unspecified atom stereocenters. The van der Waals surface area contributed by atoms with Gasteiger partial charge in [-0.3, -0.25) is 9.69 Å². The maximum Gasteiger partial charge on any atom is 0.573 e. The van der Waals surface area contributed by atoms with Crippen LogP contribution in [0.15, 0.2) is 83.7 Å². The van der Waals surface area contributed by atoms with Gasteiger partial charge in [-0.1, -0.05) is 49.9 Å². The van der Waals surface area contributed by atoms with Gasteiger partial charge in [0.05, 0.1) is 22.8 Å². The number of urea groups is 1. The summed E-state index contributed by atoms with van der Waals surface area (Å²) < 4.78 is 71.6. The van der Waals surface area contributed by atoms with Crippen molar-refractivity contribution >= 4 is 40.4 Å². The molecule has 0 saturated carbocycles. The van der Waals surface area contributed by atoms with Crippen LogP contribution in [-0.2, 0) is 4.79 Å². The van der Waals surface area contributed by atoms with Crippen LogP contribution in [0.1, 0.15) is 37.8 Å². The van der Waals surface area contributed by atoms with Crippen LogP contribution in [0.5, 0.6) is 5.75 Å². The van der Waals surface area contributed by atoms with E-state index in [4.69, 9.17) is 0 Å². The number of nitrogens with zero attached hydrogens (tertiary/aromatic N) is 5.